The van der Waals surface area contributed by atoms with Crippen LogP contribution < -0.4 is 10.5 Å². The van der Waals surface area contributed by atoms with E-state index in [-0.39, 0.29) is 11.4 Å². The maximum Gasteiger partial charge on any atom is 0.273 e. The minimum Gasteiger partial charge on any atom is -0.493 e. The molecule has 0 aliphatic heterocycles. The Morgan fingerprint density at radius 3 is 2.57 bits per heavy atom. The molecule has 0 unspecified atom stereocenters. The van der Waals surface area contributed by atoms with Gasteiger partial charge in [0.2, 0.25) is 0 Å². The summed E-state index contributed by atoms with van der Waals surface area (Å²) in [6.07, 6.45) is 0. The summed E-state index contributed by atoms with van der Waals surface area (Å²) >= 11 is 0. The molecule has 0 fully saturated rings. The highest BCUT2D eigenvalue weighted by Gasteiger charge is 2.18. The molecule has 1 heterocycles. The van der Waals surface area contributed by atoms with E-state index < -0.39 is 17.5 Å². The van der Waals surface area contributed by atoms with Crippen molar-refractivity contribution in [1.82, 2.24) is 10.2 Å². The number of rotatable bonds is 3. The first-order chi connectivity index (χ1) is 11.0. The highest BCUT2D eigenvalue weighted by molar-refractivity contribution is 6.03. The summed E-state index contributed by atoms with van der Waals surface area (Å²) in [6.45, 7) is 0. The first-order valence-electron chi connectivity index (χ1n) is 6.61. The Morgan fingerprint density at radius 1 is 1.13 bits per heavy atom. The third-order valence-corrected chi connectivity index (χ3v) is 3.41. The van der Waals surface area contributed by atoms with E-state index in [0.717, 1.165) is 12.1 Å². The number of nitrogens with two attached hydrogens (primary N) is 1. The lowest BCUT2D eigenvalue weighted by molar-refractivity contribution is 0.0991. The van der Waals surface area contributed by atoms with Crippen LogP contribution in [0.25, 0.3) is 22.0 Å². The highest BCUT2D eigenvalue weighted by Crippen LogP contribution is 2.33. The summed E-state index contributed by atoms with van der Waals surface area (Å²) in [4.78, 5) is 11.4. The number of benzene rings is 2. The standard InChI is InChI=1S/C16H11F2N3O2/c1-23-15-10-4-2-3-9(8-5-6-11(17)12(18)7-8)13(10)20-21-14(15)16(19)22/h2-7H,1H3,(H2,19,22). The van der Waals surface area contributed by atoms with E-state index in [1.165, 1.54) is 13.2 Å². The van der Waals surface area contributed by atoms with Crippen molar-refractivity contribution in [3.63, 3.8) is 0 Å². The van der Waals surface area contributed by atoms with Crippen LogP contribution in [0.3, 0.4) is 0 Å². The van der Waals surface area contributed by atoms with Crippen molar-refractivity contribution in [3.05, 3.63) is 53.7 Å². The summed E-state index contributed by atoms with van der Waals surface area (Å²) in [6, 6.07) is 8.59. The number of halogens is 2. The molecule has 1 amide bonds. The van der Waals surface area contributed by atoms with Crippen molar-refractivity contribution < 1.29 is 18.3 Å². The summed E-state index contributed by atoms with van der Waals surface area (Å²) < 4.78 is 31.8. The first-order valence-corrected chi connectivity index (χ1v) is 6.61. The van der Waals surface area contributed by atoms with Gasteiger partial charge in [0.15, 0.2) is 23.1 Å². The average Bonchev–Trinajstić information content (AvgIpc) is 2.55. The van der Waals surface area contributed by atoms with Crippen LogP contribution in [-0.4, -0.2) is 23.2 Å². The van der Waals surface area contributed by atoms with Crippen LogP contribution in [0.5, 0.6) is 5.75 Å². The molecule has 7 heteroatoms. The van der Waals surface area contributed by atoms with Gasteiger partial charge in [0, 0.05) is 10.9 Å². The molecule has 23 heavy (non-hydrogen) atoms. The van der Waals surface area contributed by atoms with Gasteiger partial charge < -0.3 is 10.5 Å². The number of carbonyl (C=O) groups is 1. The average molecular weight is 315 g/mol. The predicted molar refractivity (Wildman–Crippen MR) is 80.0 cm³/mol. The van der Waals surface area contributed by atoms with Crippen molar-refractivity contribution in [2.75, 3.05) is 7.11 Å². The van der Waals surface area contributed by atoms with E-state index in [2.05, 4.69) is 10.2 Å². The first kappa shape index (κ1) is 14.8. The van der Waals surface area contributed by atoms with E-state index in [9.17, 15) is 13.6 Å². The van der Waals surface area contributed by atoms with Crippen molar-refractivity contribution >= 4 is 16.8 Å². The number of nitrogens with zero attached hydrogens (tertiary/aromatic N) is 2. The van der Waals surface area contributed by atoms with E-state index in [1.807, 2.05) is 0 Å². The Morgan fingerprint density at radius 2 is 1.91 bits per heavy atom. The van der Waals surface area contributed by atoms with Gasteiger partial charge in [0.25, 0.3) is 5.91 Å². The molecule has 5 nitrogen and oxygen atoms in total. The normalized spacial score (nSPS) is 10.7. The van der Waals surface area contributed by atoms with E-state index in [0.29, 0.717) is 22.0 Å². The number of aromatic nitrogens is 2. The summed E-state index contributed by atoms with van der Waals surface area (Å²) in [5.74, 6) is -2.48. The van der Waals surface area contributed by atoms with E-state index >= 15 is 0 Å². The lowest BCUT2D eigenvalue weighted by atomic mass is 10.0. The Hall–Kier alpha value is -3.09. The van der Waals surface area contributed by atoms with E-state index in [4.69, 9.17) is 10.5 Å². The SMILES string of the molecule is COc1c(C(N)=O)nnc2c(-c3ccc(F)c(F)c3)cccc12. The molecule has 0 spiro atoms. The molecule has 0 atom stereocenters. The maximum atomic E-state index is 13.5. The quantitative estimate of drug-likeness (QED) is 0.806. The second-order valence-corrected chi connectivity index (χ2v) is 4.78. The van der Waals surface area contributed by atoms with Gasteiger partial charge in [-0.2, -0.15) is 0 Å². The van der Waals surface area contributed by atoms with Gasteiger partial charge in [-0.05, 0) is 23.8 Å². The minimum absolute atomic E-state index is 0.0950. The van der Waals surface area contributed by atoms with Gasteiger partial charge in [-0.3, -0.25) is 4.79 Å². The zero-order valence-electron chi connectivity index (χ0n) is 12.0. The van der Waals surface area contributed by atoms with Crippen LogP contribution >= 0.6 is 0 Å². The second kappa shape index (κ2) is 5.60. The second-order valence-electron chi connectivity index (χ2n) is 4.78. The fourth-order valence-corrected chi connectivity index (χ4v) is 2.37. The summed E-state index contributed by atoms with van der Waals surface area (Å²) in [7, 11) is 1.38. The molecular weight excluding hydrogens is 304 g/mol. The van der Waals surface area contributed by atoms with Crippen molar-refractivity contribution in [1.29, 1.82) is 0 Å². The van der Waals surface area contributed by atoms with Crippen molar-refractivity contribution in [3.8, 4) is 16.9 Å². The lowest BCUT2D eigenvalue weighted by Gasteiger charge is -2.11. The maximum absolute atomic E-state index is 13.5. The zero-order valence-corrected chi connectivity index (χ0v) is 12.0. The fourth-order valence-electron chi connectivity index (χ4n) is 2.37. The molecule has 3 aromatic rings. The Kier molecular flexibility index (Phi) is 3.61. The number of amides is 1. The number of methoxy groups -OCH3 is 1. The molecule has 0 aliphatic carbocycles. The molecule has 0 radical (unpaired) electrons. The smallest absolute Gasteiger partial charge is 0.273 e. The molecule has 1 aromatic heterocycles. The Labute approximate surface area is 129 Å². The third kappa shape index (κ3) is 2.46. The van der Waals surface area contributed by atoms with Gasteiger partial charge in [0.05, 0.1) is 7.11 Å². The zero-order chi connectivity index (χ0) is 16.6. The molecule has 3 rings (SSSR count). The highest BCUT2D eigenvalue weighted by atomic mass is 19.2. The minimum atomic E-state index is -0.965. The topological polar surface area (TPSA) is 78.1 Å². The molecule has 0 saturated carbocycles. The van der Waals surface area contributed by atoms with Crippen LogP contribution in [0.1, 0.15) is 10.5 Å². The Balaban J connectivity index is 2.31. The van der Waals surface area contributed by atoms with Crippen LogP contribution in [0.15, 0.2) is 36.4 Å². The molecule has 116 valence electrons. The number of ether oxygens (including phenoxy) is 1. The number of fused-ring (bicyclic) bond motifs is 1. The van der Waals surface area contributed by atoms with Gasteiger partial charge in [-0.1, -0.05) is 18.2 Å². The van der Waals surface area contributed by atoms with Crippen LogP contribution in [0.2, 0.25) is 0 Å². The number of hydrogen-bond donors (Lipinski definition) is 1. The van der Waals surface area contributed by atoms with Gasteiger partial charge >= 0.3 is 0 Å². The number of primary amides is 1. The molecule has 0 aliphatic rings. The monoisotopic (exact) mass is 315 g/mol. The molecule has 0 saturated heterocycles. The molecular formula is C16H11F2N3O2. The van der Waals surface area contributed by atoms with Gasteiger partial charge in [-0.25, -0.2) is 8.78 Å². The summed E-state index contributed by atoms with van der Waals surface area (Å²) in [5.41, 5.74) is 6.51. The van der Waals surface area contributed by atoms with E-state index in [1.54, 1.807) is 18.2 Å². The molecule has 2 aromatic carbocycles. The van der Waals surface area contributed by atoms with Crippen LogP contribution in [-0.2, 0) is 0 Å². The molecule has 2 N–H and O–H groups in total. The number of hydrogen-bond acceptors (Lipinski definition) is 4. The fraction of sp³-hybridized carbons (Fsp3) is 0.0625. The van der Waals surface area contributed by atoms with Crippen molar-refractivity contribution in [2.24, 2.45) is 5.73 Å². The molecule has 0 bridgehead atoms. The third-order valence-electron chi connectivity index (χ3n) is 3.41. The number of carbonyl (C=O) groups excluding carboxylic acids is 1. The van der Waals surface area contributed by atoms with Crippen LogP contribution in [0.4, 0.5) is 8.78 Å². The summed E-state index contributed by atoms with van der Waals surface area (Å²) in [5, 5.41) is 8.28. The Bertz CT molecular complexity index is 929. The predicted octanol–water partition coefficient (Wildman–Crippen LogP) is 2.68. The lowest BCUT2D eigenvalue weighted by Crippen LogP contribution is -2.15. The van der Waals surface area contributed by atoms with Gasteiger partial charge in [-0.15, -0.1) is 10.2 Å². The largest absolute Gasteiger partial charge is 0.493 e. The van der Waals surface area contributed by atoms with Crippen LogP contribution in [0, 0.1) is 11.6 Å². The van der Waals surface area contributed by atoms with Gasteiger partial charge in [0.1, 0.15) is 5.52 Å². The van der Waals surface area contributed by atoms with Crippen molar-refractivity contribution in [2.45, 2.75) is 0 Å².